The molecule has 7 heteroatoms. The van der Waals surface area contributed by atoms with Crippen molar-refractivity contribution in [1.29, 1.82) is 0 Å². The van der Waals surface area contributed by atoms with Gasteiger partial charge in [-0.1, -0.05) is 66.2 Å². The Balaban J connectivity index is 1.17. The molecular formula is C33H35N3O4. The molecule has 2 saturated carbocycles. The van der Waals surface area contributed by atoms with Gasteiger partial charge < -0.3 is 19.3 Å². The van der Waals surface area contributed by atoms with E-state index in [0.29, 0.717) is 24.1 Å². The van der Waals surface area contributed by atoms with E-state index in [1.807, 2.05) is 56.3 Å². The number of hydrogen-bond donors (Lipinski definition) is 1. The van der Waals surface area contributed by atoms with Crippen molar-refractivity contribution in [3.63, 3.8) is 0 Å². The zero-order valence-electron chi connectivity index (χ0n) is 23.1. The molecule has 2 aliphatic carbocycles. The van der Waals surface area contributed by atoms with Crippen molar-refractivity contribution >= 4 is 17.5 Å². The number of benzene rings is 2. The monoisotopic (exact) mass is 537 g/mol. The van der Waals surface area contributed by atoms with Crippen LogP contribution in [0.15, 0.2) is 71.3 Å². The highest BCUT2D eigenvalue weighted by molar-refractivity contribution is 5.87. The van der Waals surface area contributed by atoms with Crippen LogP contribution < -0.4 is 10.1 Å². The topological polar surface area (TPSA) is 86.5 Å². The molecule has 6 rings (SSSR count). The minimum absolute atomic E-state index is 0.113. The average Bonchev–Trinajstić information content (AvgIpc) is 3.73. The third kappa shape index (κ3) is 5.33. The molecule has 0 bridgehead atoms. The molecule has 2 aromatic heterocycles. The van der Waals surface area contributed by atoms with Crippen molar-refractivity contribution in [3.8, 4) is 28.3 Å². The van der Waals surface area contributed by atoms with Gasteiger partial charge in [-0.2, -0.15) is 4.98 Å². The molecule has 0 unspecified atom stereocenters. The molecule has 2 heterocycles. The second-order valence-electron chi connectivity index (χ2n) is 10.8. The summed E-state index contributed by atoms with van der Waals surface area (Å²) in [6.07, 6.45) is 7.83. The molecule has 40 heavy (non-hydrogen) atoms. The molecular weight excluding hydrogens is 502 g/mol. The molecule has 0 radical (unpaired) electrons. The number of ether oxygens (including phenoxy) is 2. The number of pyridine rings is 1. The summed E-state index contributed by atoms with van der Waals surface area (Å²) in [6.45, 7) is 4.17. The zero-order valence-corrected chi connectivity index (χ0v) is 23.1. The number of nitrogens with one attached hydrogen (secondary N) is 1. The van der Waals surface area contributed by atoms with Crippen LogP contribution >= 0.6 is 0 Å². The maximum Gasteiger partial charge on any atom is 0.316 e. The quantitative estimate of drug-likeness (QED) is 0.218. The van der Waals surface area contributed by atoms with Crippen LogP contribution in [0.3, 0.4) is 0 Å². The van der Waals surface area contributed by atoms with E-state index in [1.54, 1.807) is 0 Å². The Kier molecular flexibility index (Phi) is 7.29. The molecule has 206 valence electrons. The van der Waals surface area contributed by atoms with E-state index < -0.39 is 5.41 Å². The minimum Gasteiger partial charge on any atom is -0.474 e. The first-order valence-electron chi connectivity index (χ1n) is 14.3. The summed E-state index contributed by atoms with van der Waals surface area (Å²) in [5.41, 5.74) is 5.19. The number of carbonyl (C=O) groups excluding carboxylic acids is 1. The first kappa shape index (κ1) is 26.1. The highest BCUT2D eigenvalue weighted by atomic mass is 16.5. The van der Waals surface area contributed by atoms with Gasteiger partial charge in [-0.3, -0.25) is 4.79 Å². The lowest BCUT2D eigenvalue weighted by Crippen LogP contribution is -2.23. The Morgan fingerprint density at radius 3 is 2.30 bits per heavy atom. The average molecular weight is 538 g/mol. The normalized spacial score (nSPS) is 16.4. The van der Waals surface area contributed by atoms with Crippen LogP contribution in [-0.4, -0.2) is 28.8 Å². The molecule has 2 fully saturated rings. The predicted octanol–water partition coefficient (Wildman–Crippen LogP) is 7.76. The number of carbonyl (C=O) groups is 1. The standard InChI is InChI=1S/C33H35N3O4/c1-3-38-32(37)33(20-21-33)26-18-16-24(17-19-26)23-12-14-25(15-13-23)31-30(22(2)36-40-31)35-28-10-7-11-29(34-28)39-27-8-5-4-6-9-27/h7,10-19,27H,3-6,8-9,20-21H2,1-2H3,(H,34,35). The SMILES string of the molecule is CCOC(=O)C1(c2ccc(-c3ccc(-c4onc(C)c4Nc4cccc(OC5CCCCC5)n4)cc3)cc2)CC1. The van der Waals surface area contributed by atoms with Gasteiger partial charge in [0.25, 0.3) is 0 Å². The number of rotatable bonds is 9. The number of aromatic nitrogens is 2. The van der Waals surface area contributed by atoms with Gasteiger partial charge in [0.2, 0.25) is 5.88 Å². The summed E-state index contributed by atoms with van der Waals surface area (Å²) in [4.78, 5) is 17.1. The third-order valence-electron chi connectivity index (χ3n) is 8.01. The van der Waals surface area contributed by atoms with Crippen LogP contribution in [0.4, 0.5) is 11.5 Å². The largest absolute Gasteiger partial charge is 0.474 e. The first-order chi connectivity index (χ1) is 19.6. The lowest BCUT2D eigenvalue weighted by atomic mass is 9.93. The van der Waals surface area contributed by atoms with Crippen LogP contribution in [0.25, 0.3) is 22.5 Å². The molecule has 2 aliphatic rings. The number of nitrogens with zero attached hydrogens (tertiary/aromatic N) is 2. The molecule has 0 spiro atoms. The van der Waals surface area contributed by atoms with Crippen LogP contribution in [-0.2, 0) is 14.9 Å². The van der Waals surface area contributed by atoms with E-state index in [9.17, 15) is 4.79 Å². The Labute approximate surface area is 234 Å². The smallest absolute Gasteiger partial charge is 0.316 e. The van der Waals surface area contributed by atoms with Gasteiger partial charge in [0, 0.05) is 11.6 Å². The second kappa shape index (κ2) is 11.2. The van der Waals surface area contributed by atoms with Crippen molar-refractivity contribution in [2.45, 2.75) is 70.3 Å². The van der Waals surface area contributed by atoms with E-state index in [1.165, 1.54) is 19.3 Å². The summed E-state index contributed by atoms with van der Waals surface area (Å²) in [5, 5.41) is 7.62. The number of hydrogen-bond acceptors (Lipinski definition) is 7. The Bertz CT molecular complexity index is 1470. The minimum atomic E-state index is -0.456. The summed E-state index contributed by atoms with van der Waals surface area (Å²) >= 11 is 0. The van der Waals surface area contributed by atoms with E-state index in [-0.39, 0.29) is 12.1 Å². The fraction of sp³-hybridized carbons (Fsp3) is 0.364. The van der Waals surface area contributed by atoms with Gasteiger partial charge >= 0.3 is 5.97 Å². The van der Waals surface area contributed by atoms with E-state index in [0.717, 1.165) is 59.3 Å². The number of anilines is 2. The number of esters is 1. The number of aryl methyl sites for hydroxylation is 1. The van der Waals surface area contributed by atoms with Crippen molar-refractivity contribution in [1.82, 2.24) is 10.1 Å². The van der Waals surface area contributed by atoms with Crippen molar-refractivity contribution in [2.24, 2.45) is 0 Å². The van der Waals surface area contributed by atoms with Crippen molar-refractivity contribution in [2.75, 3.05) is 11.9 Å². The van der Waals surface area contributed by atoms with Gasteiger partial charge in [-0.15, -0.1) is 0 Å². The van der Waals surface area contributed by atoms with Crippen LogP contribution in [0.2, 0.25) is 0 Å². The summed E-state index contributed by atoms with van der Waals surface area (Å²) < 4.78 is 17.2. The van der Waals surface area contributed by atoms with Gasteiger partial charge in [-0.05, 0) is 75.1 Å². The van der Waals surface area contributed by atoms with Gasteiger partial charge in [0.05, 0.1) is 12.0 Å². The zero-order chi connectivity index (χ0) is 27.5. The fourth-order valence-electron chi connectivity index (χ4n) is 5.55. The maximum absolute atomic E-state index is 12.4. The molecule has 0 aliphatic heterocycles. The predicted molar refractivity (Wildman–Crippen MR) is 155 cm³/mol. The molecule has 1 N–H and O–H groups in total. The first-order valence-corrected chi connectivity index (χ1v) is 14.3. The van der Waals surface area contributed by atoms with E-state index >= 15 is 0 Å². The summed E-state index contributed by atoms with van der Waals surface area (Å²) in [6, 6.07) is 22.2. The van der Waals surface area contributed by atoms with Crippen LogP contribution in [0, 0.1) is 6.92 Å². The Morgan fingerprint density at radius 2 is 1.62 bits per heavy atom. The fourth-order valence-corrected chi connectivity index (χ4v) is 5.55. The van der Waals surface area contributed by atoms with Crippen molar-refractivity contribution in [3.05, 3.63) is 78.0 Å². The molecule has 2 aromatic carbocycles. The molecule has 0 saturated heterocycles. The van der Waals surface area contributed by atoms with Crippen LogP contribution in [0.5, 0.6) is 5.88 Å². The Morgan fingerprint density at radius 1 is 0.950 bits per heavy atom. The van der Waals surface area contributed by atoms with E-state index in [2.05, 4.69) is 39.7 Å². The van der Waals surface area contributed by atoms with Crippen molar-refractivity contribution < 1.29 is 18.8 Å². The van der Waals surface area contributed by atoms with Gasteiger partial charge in [0.15, 0.2) is 5.76 Å². The lowest BCUT2D eigenvalue weighted by Gasteiger charge is -2.22. The highest BCUT2D eigenvalue weighted by Crippen LogP contribution is 2.49. The molecule has 4 aromatic rings. The summed E-state index contributed by atoms with van der Waals surface area (Å²) in [7, 11) is 0. The van der Waals surface area contributed by atoms with E-state index in [4.69, 9.17) is 14.0 Å². The van der Waals surface area contributed by atoms with Gasteiger partial charge in [-0.25, -0.2) is 0 Å². The Hall–Kier alpha value is -4.13. The van der Waals surface area contributed by atoms with Crippen LogP contribution in [0.1, 0.15) is 63.1 Å². The van der Waals surface area contributed by atoms with Gasteiger partial charge in [0.1, 0.15) is 23.3 Å². The lowest BCUT2D eigenvalue weighted by molar-refractivity contribution is -0.146. The third-order valence-corrected chi connectivity index (χ3v) is 8.01. The molecule has 7 nitrogen and oxygen atoms in total. The second-order valence-corrected chi connectivity index (χ2v) is 10.8. The molecule has 0 amide bonds. The highest BCUT2D eigenvalue weighted by Gasteiger charge is 2.52. The molecule has 0 atom stereocenters. The maximum atomic E-state index is 12.4. The summed E-state index contributed by atoms with van der Waals surface area (Å²) in [5.74, 6) is 1.87.